The van der Waals surface area contributed by atoms with Gasteiger partial charge in [0.05, 0.1) is 17.7 Å². The van der Waals surface area contributed by atoms with E-state index in [0.717, 1.165) is 17.8 Å². The third-order valence-electron chi connectivity index (χ3n) is 11.4. The second-order valence-corrected chi connectivity index (χ2v) is 18.2. The summed E-state index contributed by atoms with van der Waals surface area (Å²) in [6.45, 7) is 2.90. The number of carbonyl (C=O) groups excluding carboxylic acids is 4. The van der Waals surface area contributed by atoms with Crippen molar-refractivity contribution in [1.82, 2.24) is 25.9 Å². The first kappa shape index (κ1) is 43.4. The molecular weight excluding hydrogens is 941 g/mol. The van der Waals surface area contributed by atoms with Crippen molar-refractivity contribution in [2.45, 2.75) is 56.1 Å². The van der Waals surface area contributed by atoms with E-state index in [1.54, 1.807) is 38.1 Å². The van der Waals surface area contributed by atoms with Crippen LogP contribution >= 0.6 is 15.9 Å². The molecule has 3 amide bonds. The molecule has 0 aliphatic carbocycles. The Morgan fingerprint density at radius 3 is 2.52 bits per heavy atom. The number of anilines is 1. The molecule has 0 saturated heterocycles. The Morgan fingerprint density at radius 2 is 1.77 bits per heavy atom. The van der Waals surface area contributed by atoms with Crippen LogP contribution in [0.4, 0.5) is 23.7 Å². The number of halogens is 4. The summed E-state index contributed by atoms with van der Waals surface area (Å²) in [6, 6.07) is 21.3. The van der Waals surface area contributed by atoms with Gasteiger partial charge in [0.25, 0.3) is 5.91 Å². The van der Waals surface area contributed by atoms with Crippen LogP contribution in [0.25, 0.3) is 10.9 Å². The average molecular weight is 978 g/mol. The maximum Gasteiger partial charge on any atom is 0.534 e. The number of amides is 3. The Bertz CT molecular complexity index is 3030. The minimum atomic E-state index is -6.04. The van der Waals surface area contributed by atoms with Gasteiger partial charge < -0.3 is 44.3 Å². The molecule has 336 valence electrons. The lowest BCUT2D eigenvalue weighted by molar-refractivity contribution is -0.124. The zero-order chi connectivity index (χ0) is 46.0. The molecule has 4 atom stereocenters. The van der Waals surface area contributed by atoms with E-state index < -0.39 is 81.3 Å². The number of alkyl halides is 3. The number of para-hydroxylation sites is 2. The number of ketones is 1. The van der Waals surface area contributed by atoms with E-state index in [4.69, 9.17) is 18.9 Å². The number of rotatable bonds is 10. The van der Waals surface area contributed by atoms with Crippen LogP contribution in [0.1, 0.15) is 74.6 Å². The summed E-state index contributed by atoms with van der Waals surface area (Å²) in [5, 5.41) is 11.7. The molecule has 65 heavy (non-hydrogen) atoms. The predicted molar refractivity (Wildman–Crippen MR) is 229 cm³/mol. The molecule has 5 heterocycles. The summed E-state index contributed by atoms with van der Waals surface area (Å²) in [5.41, 5.74) is -4.47. The molecule has 6 aromatic rings. The van der Waals surface area contributed by atoms with E-state index in [2.05, 4.69) is 46.4 Å². The number of ether oxygens (including phenoxy) is 2. The topological polar surface area (TPSA) is 220 Å². The van der Waals surface area contributed by atoms with Crippen molar-refractivity contribution in [2.75, 3.05) is 11.9 Å². The highest BCUT2D eigenvalue weighted by Gasteiger charge is 2.61. The van der Waals surface area contributed by atoms with Crippen LogP contribution in [0, 0.1) is 5.92 Å². The summed E-state index contributed by atoms with van der Waals surface area (Å²) in [6.07, 6.45) is -0.562. The molecule has 3 aliphatic heterocycles. The van der Waals surface area contributed by atoms with Crippen LogP contribution in [-0.4, -0.2) is 66.4 Å². The van der Waals surface area contributed by atoms with Gasteiger partial charge in [-0.25, -0.2) is 9.78 Å². The number of oxazole rings is 1. The fraction of sp³-hybridized carbons (Fsp3) is 0.250. The number of fused-ring (bicyclic) bond motifs is 5. The van der Waals surface area contributed by atoms with Gasteiger partial charge in [-0.3, -0.25) is 14.4 Å². The second kappa shape index (κ2) is 16.3. The first-order valence-corrected chi connectivity index (χ1v) is 22.2. The van der Waals surface area contributed by atoms with E-state index in [1.165, 1.54) is 12.1 Å². The van der Waals surface area contributed by atoms with Gasteiger partial charge in [-0.05, 0) is 51.2 Å². The van der Waals surface area contributed by atoms with Crippen molar-refractivity contribution in [3.8, 4) is 11.5 Å². The fourth-order valence-corrected chi connectivity index (χ4v) is 9.28. The lowest BCUT2D eigenvalue weighted by Gasteiger charge is -2.28. The number of H-pyrrole nitrogens is 1. The molecule has 1 unspecified atom stereocenters. The molecule has 5 N–H and O–H groups in total. The Balaban J connectivity index is 1.09. The third kappa shape index (κ3) is 7.60. The van der Waals surface area contributed by atoms with Gasteiger partial charge in [0, 0.05) is 39.2 Å². The molecule has 0 saturated carbocycles. The molecule has 1 spiro atoms. The Morgan fingerprint density at radius 1 is 1.00 bits per heavy atom. The van der Waals surface area contributed by atoms with E-state index in [-0.39, 0.29) is 46.8 Å². The number of nitrogens with zero attached hydrogens (tertiary/aromatic N) is 1. The number of aromatic nitrogens is 2. The van der Waals surface area contributed by atoms with E-state index in [9.17, 15) is 40.8 Å². The van der Waals surface area contributed by atoms with Gasteiger partial charge >= 0.3 is 21.7 Å². The lowest BCUT2D eigenvalue weighted by atomic mass is 9.72. The largest absolute Gasteiger partial charge is 0.534 e. The van der Waals surface area contributed by atoms with Gasteiger partial charge in [-0.15, -0.1) is 0 Å². The van der Waals surface area contributed by atoms with Gasteiger partial charge in [0.1, 0.15) is 29.9 Å². The highest BCUT2D eigenvalue weighted by atomic mass is 79.9. The van der Waals surface area contributed by atoms with Gasteiger partial charge in [0.2, 0.25) is 11.8 Å². The number of nitrogens with one attached hydrogen (secondary N) is 5. The summed E-state index contributed by atoms with van der Waals surface area (Å²) in [4.78, 5) is 63.1. The molecule has 0 radical (unpaired) electrons. The maximum atomic E-state index is 14.6. The van der Waals surface area contributed by atoms with Crippen LogP contribution in [0.5, 0.6) is 11.5 Å². The van der Waals surface area contributed by atoms with Crippen LogP contribution in [0.2, 0.25) is 0 Å². The summed E-state index contributed by atoms with van der Waals surface area (Å²) in [7, 11) is -6.04. The van der Waals surface area contributed by atoms with Crippen molar-refractivity contribution in [1.29, 1.82) is 0 Å². The molecular formula is C44H36BrF3N6O10S. The molecule has 2 aromatic heterocycles. The summed E-state index contributed by atoms with van der Waals surface area (Å²) in [5.74, 6) is -2.88. The predicted octanol–water partition coefficient (Wildman–Crippen LogP) is 6.90. The van der Waals surface area contributed by atoms with Crippen LogP contribution in [0.3, 0.4) is 0 Å². The van der Waals surface area contributed by atoms with Gasteiger partial charge in [-0.2, -0.15) is 21.6 Å². The lowest BCUT2D eigenvalue weighted by Crippen LogP contribution is -2.49. The Labute approximate surface area is 375 Å². The van der Waals surface area contributed by atoms with Crippen molar-refractivity contribution >= 4 is 66.3 Å². The monoisotopic (exact) mass is 976 g/mol. The molecule has 0 fully saturated rings. The number of aromatic amines is 1. The SMILES string of the molecule is CC(C)[C@@H]1NC(=O)[C@@H](NC(=O)OCc2ccccc2)Cc2ccc3c(c2)C2(c4cccc(Br)c4N[C@H]2O3)c2oc1nc2C(=O)NCC(=O)c1c[nH]c2c(OS(=O)(=O)C(F)(F)F)cccc12. The summed E-state index contributed by atoms with van der Waals surface area (Å²) >= 11 is 3.63. The quantitative estimate of drug-likeness (QED) is 0.0538. The average Bonchev–Trinajstić information content (AvgIpc) is 4.04. The number of hydrogen-bond acceptors (Lipinski definition) is 12. The van der Waals surface area contributed by atoms with E-state index in [0.29, 0.717) is 32.6 Å². The molecule has 3 aliphatic rings. The van der Waals surface area contributed by atoms with Crippen molar-refractivity contribution in [2.24, 2.45) is 5.92 Å². The zero-order valence-electron chi connectivity index (χ0n) is 34.0. The molecule has 21 heteroatoms. The molecule has 16 nitrogen and oxygen atoms in total. The highest BCUT2D eigenvalue weighted by Crippen LogP contribution is 2.59. The Kier molecular flexibility index (Phi) is 10.9. The highest BCUT2D eigenvalue weighted by molar-refractivity contribution is 9.10. The fourth-order valence-electron chi connectivity index (χ4n) is 8.33. The zero-order valence-corrected chi connectivity index (χ0v) is 36.4. The maximum absolute atomic E-state index is 14.6. The first-order chi connectivity index (χ1) is 31.0. The van der Waals surface area contributed by atoms with Crippen LogP contribution in [-0.2, 0) is 38.1 Å². The number of Topliss-reactive ketones (excluding diaryl/α,β-unsaturated/α-hetero) is 1. The molecule has 9 rings (SSSR count). The van der Waals surface area contributed by atoms with Gasteiger partial charge in [0.15, 0.2) is 29.2 Å². The number of alkyl carbamates (subject to hydrolysis) is 1. The minimum absolute atomic E-state index is 0.0192. The van der Waals surface area contributed by atoms with Crippen molar-refractivity contribution in [3.63, 3.8) is 0 Å². The van der Waals surface area contributed by atoms with Crippen molar-refractivity contribution < 1.29 is 58.8 Å². The second-order valence-electron chi connectivity index (χ2n) is 15.8. The van der Waals surface area contributed by atoms with Crippen LogP contribution in [0.15, 0.2) is 100 Å². The number of benzene rings is 4. The Hall–Kier alpha value is -6.87. The van der Waals surface area contributed by atoms with E-state index in [1.807, 2.05) is 42.5 Å². The third-order valence-corrected chi connectivity index (χ3v) is 13.0. The van der Waals surface area contributed by atoms with E-state index >= 15 is 0 Å². The number of hydrogen-bond donors (Lipinski definition) is 5. The smallest absolute Gasteiger partial charge is 0.469 e. The molecule has 4 aromatic carbocycles. The van der Waals surface area contributed by atoms with Crippen LogP contribution < -0.4 is 30.2 Å². The number of carbonyl (C=O) groups is 4. The van der Waals surface area contributed by atoms with Crippen molar-refractivity contribution in [3.05, 3.63) is 141 Å². The van der Waals surface area contributed by atoms with Gasteiger partial charge in [-0.1, -0.05) is 80.6 Å². The first-order valence-electron chi connectivity index (χ1n) is 20.0. The normalized spacial score (nSPS) is 19.7. The standard InChI is InChI=1S/C44H36BrF3N6O10S/c1-21(2)33-40-53-36(39(57)50-19-30(55)25-18-49-34-24(25)10-6-13-32(34)64-65(59,60)44(46,47)48)37(63-40)43-26-11-7-12-28(45)35(26)54-41(43)62-31-15-14-23(16-27(31)43)17-29(38(56)52-33)51-42(58)61-20-22-8-4-3-5-9-22/h3-16,18,21,29,33,41,49,54H,17,19-20H2,1-2H3,(H,50,57)(H,51,58)(H,52,56)/t29-,33-,41-,43?/m0/s1. The summed E-state index contributed by atoms with van der Waals surface area (Å²) < 4.78 is 86.8. The minimum Gasteiger partial charge on any atom is -0.469 e. The molecule has 4 bridgehead atoms.